The molecule has 1 nitrogen and oxygen atoms in total. The van der Waals surface area contributed by atoms with Gasteiger partial charge in [0.2, 0.25) is 0 Å². The molecule has 0 aromatic carbocycles. The fraction of sp³-hybridized carbons (Fsp3) is 0.842. The summed E-state index contributed by atoms with van der Waals surface area (Å²) in [7, 11) is 0. The van der Waals surface area contributed by atoms with E-state index in [-0.39, 0.29) is 5.41 Å². The number of hydrogen-bond donors (Lipinski definition) is 0. The average Bonchev–Trinajstić information content (AvgIpc) is 2.81. The molecule has 0 bridgehead atoms. The average molecular weight is 272 g/mol. The third kappa shape index (κ3) is 1.58. The Hall–Kier alpha value is -0.590. The lowest BCUT2D eigenvalue weighted by Gasteiger charge is -2.56. The predicted molar refractivity (Wildman–Crippen MR) is 81.3 cm³/mol. The molecular weight excluding hydrogens is 244 g/mol. The quantitative estimate of drug-likeness (QED) is 0.612. The molecule has 0 unspecified atom stereocenters. The Balaban J connectivity index is 1.74. The van der Waals surface area contributed by atoms with Crippen LogP contribution >= 0.6 is 0 Å². The van der Waals surface area contributed by atoms with Crippen LogP contribution in [-0.4, -0.2) is 5.78 Å². The molecular formula is C19H28O. The minimum atomic E-state index is 0.224. The zero-order valence-electron chi connectivity index (χ0n) is 13.1. The van der Waals surface area contributed by atoms with Crippen molar-refractivity contribution in [2.24, 2.45) is 28.6 Å². The highest BCUT2D eigenvalue weighted by Gasteiger charge is 2.57. The molecule has 0 aromatic rings. The van der Waals surface area contributed by atoms with Crippen LogP contribution < -0.4 is 0 Å². The molecule has 4 aliphatic carbocycles. The van der Waals surface area contributed by atoms with Gasteiger partial charge in [0, 0.05) is 6.42 Å². The van der Waals surface area contributed by atoms with Crippen molar-refractivity contribution in [3.63, 3.8) is 0 Å². The Bertz CT molecular complexity index is 476. The first-order valence-corrected chi connectivity index (χ1v) is 8.78. The van der Waals surface area contributed by atoms with E-state index in [9.17, 15) is 4.79 Å². The first-order chi connectivity index (χ1) is 9.55. The maximum absolute atomic E-state index is 12.7. The van der Waals surface area contributed by atoms with Crippen LogP contribution in [-0.2, 0) is 4.79 Å². The van der Waals surface area contributed by atoms with Gasteiger partial charge < -0.3 is 0 Å². The van der Waals surface area contributed by atoms with Gasteiger partial charge in [-0.2, -0.15) is 0 Å². The number of rotatable bonds is 0. The molecule has 0 aliphatic heterocycles. The van der Waals surface area contributed by atoms with E-state index in [0.29, 0.717) is 17.1 Å². The molecule has 3 saturated carbocycles. The van der Waals surface area contributed by atoms with Crippen molar-refractivity contribution in [2.45, 2.75) is 71.6 Å². The molecule has 20 heavy (non-hydrogen) atoms. The van der Waals surface area contributed by atoms with Crippen LogP contribution in [0.4, 0.5) is 0 Å². The van der Waals surface area contributed by atoms with Crippen molar-refractivity contribution in [2.75, 3.05) is 0 Å². The maximum Gasteiger partial charge on any atom is 0.159 e. The lowest BCUT2D eigenvalue weighted by molar-refractivity contribution is -0.127. The van der Waals surface area contributed by atoms with Gasteiger partial charge in [-0.15, -0.1) is 0 Å². The van der Waals surface area contributed by atoms with Gasteiger partial charge in [0.1, 0.15) is 0 Å². The van der Waals surface area contributed by atoms with Crippen molar-refractivity contribution in [1.29, 1.82) is 0 Å². The smallest absolute Gasteiger partial charge is 0.159 e. The van der Waals surface area contributed by atoms with E-state index in [1.807, 2.05) is 0 Å². The molecule has 0 amide bonds. The first kappa shape index (κ1) is 13.1. The summed E-state index contributed by atoms with van der Waals surface area (Å²) in [5, 5.41) is 0. The highest BCUT2D eigenvalue weighted by Crippen LogP contribution is 2.64. The first-order valence-electron chi connectivity index (χ1n) is 8.78. The number of carbonyl (C=O) groups is 1. The molecule has 0 radical (unpaired) electrons. The summed E-state index contributed by atoms with van der Waals surface area (Å²) in [6.45, 7) is 4.93. The molecule has 110 valence electrons. The monoisotopic (exact) mass is 272 g/mol. The van der Waals surface area contributed by atoms with E-state index in [1.165, 1.54) is 50.5 Å². The van der Waals surface area contributed by atoms with E-state index in [0.717, 1.165) is 24.7 Å². The summed E-state index contributed by atoms with van der Waals surface area (Å²) in [4.78, 5) is 12.7. The summed E-state index contributed by atoms with van der Waals surface area (Å²) in [5.74, 6) is 2.84. The van der Waals surface area contributed by atoms with Gasteiger partial charge in [-0.05, 0) is 79.1 Å². The topological polar surface area (TPSA) is 17.1 Å². The largest absolute Gasteiger partial charge is 0.295 e. The van der Waals surface area contributed by atoms with Crippen LogP contribution in [0.2, 0.25) is 0 Å². The molecule has 0 spiro atoms. The number of carbonyl (C=O) groups excluding carboxylic acids is 1. The molecule has 5 atom stereocenters. The third-order valence-electron chi connectivity index (χ3n) is 7.62. The maximum atomic E-state index is 12.7. The van der Waals surface area contributed by atoms with Crippen molar-refractivity contribution in [3.05, 3.63) is 11.6 Å². The SMILES string of the molecule is C[C@@]12CCC[C@H]1[C@@H]1CC(=O)C3=CCCC[C@]3(C)[C@H]1CC2. The second kappa shape index (κ2) is 4.21. The molecule has 0 heterocycles. The van der Waals surface area contributed by atoms with Crippen LogP contribution in [0.15, 0.2) is 11.6 Å². The van der Waals surface area contributed by atoms with E-state index >= 15 is 0 Å². The highest BCUT2D eigenvalue weighted by atomic mass is 16.1. The van der Waals surface area contributed by atoms with Crippen LogP contribution in [0.3, 0.4) is 0 Å². The highest BCUT2D eigenvalue weighted by molar-refractivity contribution is 5.98. The van der Waals surface area contributed by atoms with Crippen molar-refractivity contribution < 1.29 is 4.79 Å². The minimum absolute atomic E-state index is 0.224. The zero-order chi connectivity index (χ0) is 14.0. The Morgan fingerprint density at radius 2 is 1.90 bits per heavy atom. The summed E-state index contributed by atoms with van der Waals surface area (Å²) in [6, 6.07) is 0. The lowest BCUT2D eigenvalue weighted by Crippen LogP contribution is -2.51. The Morgan fingerprint density at radius 3 is 2.75 bits per heavy atom. The third-order valence-corrected chi connectivity index (χ3v) is 7.62. The Kier molecular flexibility index (Phi) is 2.76. The van der Waals surface area contributed by atoms with E-state index in [1.54, 1.807) is 0 Å². The van der Waals surface area contributed by atoms with Gasteiger partial charge in [-0.1, -0.05) is 26.3 Å². The van der Waals surface area contributed by atoms with Crippen LogP contribution in [0.5, 0.6) is 0 Å². The number of hydrogen-bond acceptors (Lipinski definition) is 1. The standard InChI is InChI=1S/C19H28O/c1-18-9-5-7-14(18)13-12-17(20)16-6-3-4-10-19(16,2)15(13)8-11-18/h6,13-15H,3-5,7-12H2,1-2H3/t13-,14-,15-,18-,19+/m0/s1. The Morgan fingerprint density at radius 1 is 1.05 bits per heavy atom. The van der Waals surface area contributed by atoms with Gasteiger partial charge >= 0.3 is 0 Å². The summed E-state index contributed by atoms with van der Waals surface area (Å²) < 4.78 is 0. The fourth-order valence-electron chi connectivity index (χ4n) is 6.58. The number of allylic oxidation sites excluding steroid dienone is 2. The van der Waals surface area contributed by atoms with E-state index in [2.05, 4.69) is 19.9 Å². The van der Waals surface area contributed by atoms with Crippen molar-refractivity contribution in [1.82, 2.24) is 0 Å². The van der Waals surface area contributed by atoms with Gasteiger partial charge in [0.25, 0.3) is 0 Å². The van der Waals surface area contributed by atoms with Crippen LogP contribution in [0.25, 0.3) is 0 Å². The van der Waals surface area contributed by atoms with E-state index < -0.39 is 0 Å². The zero-order valence-corrected chi connectivity index (χ0v) is 13.1. The van der Waals surface area contributed by atoms with Crippen LogP contribution in [0, 0.1) is 28.6 Å². The second-order valence-electron chi connectivity index (χ2n) is 8.52. The van der Waals surface area contributed by atoms with Gasteiger partial charge in [-0.25, -0.2) is 0 Å². The number of fused-ring (bicyclic) bond motifs is 5. The predicted octanol–water partition coefficient (Wildman–Crippen LogP) is 4.91. The molecule has 0 aromatic heterocycles. The van der Waals surface area contributed by atoms with Crippen LogP contribution in [0.1, 0.15) is 71.6 Å². The molecule has 0 N–H and O–H groups in total. The summed E-state index contributed by atoms with van der Waals surface area (Å²) in [5.41, 5.74) is 2.02. The second-order valence-corrected chi connectivity index (χ2v) is 8.52. The van der Waals surface area contributed by atoms with Gasteiger partial charge in [0.15, 0.2) is 5.78 Å². The minimum Gasteiger partial charge on any atom is -0.295 e. The summed E-state index contributed by atoms with van der Waals surface area (Å²) in [6.07, 6.45) is 13.8. The molecule has 4 aliphatic rings. The fourth-order valence-corrected chi connectivity index (χ4v) is 6.58. The number of Topliss-reactive ketones (excluding diaryl/α,β-unsaturated/α-hetero) is 1. The molecule has 4 rings (SSSR count). The van der Waals surface area contributed by atoms with Gasteiger partial charge in [-0.3, -0.25) is 4.79 Å². The molecule has 0 saturated heterocycles. The normalized spacial score (nSPS) is 51.0. The van der Waals surface area contributed by atoms with Crippen molar-refractivity contribution in [3.8, 4) is 0 Å². The lowest BCUT2D eigenvalue weighted by atomic mass is 9.47. The van der Waals surface area contributed by atoms with Crippen molar-refractivity contribution >= 4 is 5.78 Å². The van der Waals surface area contributed by atoms with E-state index in [4.69, 9.17) is 0 Å². The summed E-state index contributed by atoms with van der Waals surface area (Å²) >= 11 is 0. The molecule has 1 heteroatoms. The van der Waals surface area contributed by atoms with Gasteiger partial charge in [0.05, 0.1) is 0 Å². The Labute approximate surface area is 123 Å². The number of ketones is 1. The molecule has 3 fully saturated rings.